The molecule has 0 fully saturated rings. The molecule has 0 saturated carbocycles. The average molecular weight is 312 g/mol. The molecule has 1 aliphatic heterocycles. The van der Waals surface area contributed by atoms with Crippen molar-refractivity contribution in [3.05, 3.63) is 12.8 Å². The fraction of sp³-hybridized carbons (Fsp3) is 0.692. The van der Waals surface area contributed by atoms with Gasteiger partial charge < -0.3 is 17.6 Å². The number of carbonyl (C=O) groups excluding carboxylic acids is 1. The van der Waals surface area contributed by atoms with Crippen LogP contribution in [0.1, 0.15) is 40.5 Å². The molecular weight excluding hydrogens is 291 g/mol. The summed E-state index contributed by atoms with van der Waals surface area (Å²) in [6.07, 6.45) is 1.88. The van der Waals surface area contributed by atoms with E-state index in [0.717, 1.165) is 12.8 Å². The van der Waals surface area contributed by atoms with E-state index in [1.807, 2.05) is 0 Å². The van der Waals surface area contributed by atoms with Gasteiger partial charge >= 0.3 is 5.97 Å². The summed E-state index contributed by atoms with van der Waals surface area (Å²) in [6, 6.07) is 0. The van der Waals surface area contributed by atoms with Crippen molar-refractivity contribution in [3.63, 3.8) is 0 Å². The van der Waals surface area contributed by atoms with Gasteiger partial charge in [-0.3, -0.25) is 0 Å². The molecule has 0 aromatic rings. The van der Waals surface area contributed by atoms with Gasteiger partial charge in [0.15, 0.2) is 5.90 Å². The maximum atomic E-state index is 10.9. The number of hydrogen-bond acceptors (Lipinski definition) is 3. The Hall–Kier alpha value is 0.244. The molecule has 17 heavy (non-hydrogen) atoms. The van der Waals surface area contributed by atoms with E-state index < -0.39 is 0 Å². The maximum Gasteiger partial charge on any atom is 0.334 e. The van der Waals surface area contributed by atoms with Crippen LogP contribution < -0.4 is 0 Å². The Labute approximate surface area is 130 Å². The molecule has 1 radical (unpaired) electrons. The second-order valence-corrected chi connectivity index (χ2v) is 5.39. The van der Waals surface area contributed by atoms with E-state index in [-0.39, 0.29) is 56.6 Å². The zero-order valence-corrected chi connectivity index (χ0v) is 14.1. The molecule has 95 valence electrons. The summed E-state index contributed by atoms with van der Waals surface area (Å²) in [6.45, 7) is 12.9. The van der Waals surface area contributed by atoms with E-state index in [1.54, 1.807) is 0 Å². The summed E-state index contributed by atoms with van der Waals surface area (Å²) in [5.74, 6) is 1.67. The number of aliphatic imine (C=N–C) groups is 1. The molecule has 0 spiro atoms. The quantitative estimate of drug-likeness (QED) is 0.591. The van der Waals surface area contributed by atoms with Crippen LogP contribution in [0.15, 0.2) is 4.99 Å². The fourth-order valence-electron chi connectivity index (χ4n) is 1.43. The van der Waals surface area contributed by atoms with Crippen LogP contribution in [0.5, 0.6) is 0 Å². The summed E-state index contributed by atoms with van der Waals surface area (Å²) >= 11 is 0. The molecule has 0 N–H and O–H groups in total. The van der Waals surface area contributed by atoms with E-state index >= 15 is 0 Å². The van der Waals surface area contributed by atoms with E-state index in [4.69, 9.17) is 4.74 Å². The Morgan fingerprint density at radius 3 is 2.53 bits per heavy atom. The minimum absolute atomic E-state index is 0. The molecule has 0 bridgehead atoms. The van der Waals surface area contributed by atoms with Gasteiger partial charge in [0.2, 0.25) is 0 Å². The first-order valence-electron chi connectivity index (χ1n) is 5.71. The zero-order chi connectivity index (χ0) is 12.3. The van der Waals surface area contributed by atoms with Crippen molar-refractivity contribution in [3.8, 4) is 0 Å². The molecule has 0 saturated heterocycles. The van der Waals surface area contributed by atoms with Gasteiger partial charge in [0.05, 0.1) is 0 Å². The first kappa shape index (κ1) is 17.2. The van der Waals surface area contributed by atoms with Gasteiger partial charge in [0, 0.05) is 32.7 Å². The van der Waals surface area contributed by atoms with Crippen molar-refractivity contribution < 1.29 is 42.2 Å². The zero-order valence-electron chi connectivity index (χ0n) is 11.2. The molecule has 1 aliphatic rings. The number of carbonyl (C=O) groups is 1. The Kier molecular flexibility index (Phi) is 7.09. The van der Waals surface area contributed by atoms with Crippen molar-refractivity contribution in [2.24, 2.45) is 16.3 Å². The third kappa shape index (κ3) is 5.61. The summed E-state index contributed by atoms with van der Waals surface area (Å²) in [5.41, 5.74) is 0.230. The van der Waals surface area contributed by atoms with Gasteiger partial charge in [-0.1, -0.05) is 33.1 Å². The van der Waals surface area contributed by atoms with Crippen LogP contribution in [0.25, 0.3) is 0 Å². The van der Waals surface area contributed by atoms with Crippen LogP contribution in [0, 0.1) is 24.2 Å². The molecular formula is C13H21NO2Y-2. The van der Waals surface area contributed by atoms with Crippen molar-refractivity contribution in [2.75, 3.05) is 6.54 Å². The number of esters is 1. The number of ether oxygens (including phenoxy) is 1. The number of nitrogens with zero attached hydrogens (tertiary/aromatic N) is 1. The molecule has 0 aromatic carbocycles. The van der Waals surface area contributed by atoms with Gasteiger partial charge in [-0.2, -0.15) is 18.8 Å². The monoisotopic (exact) mass is 312 g/mol. The van der Waals surface area contributed by atoms with Crippen molar-refractivity contribution in [1.82, 2.24) is 0 Å². The number of rotatable bonds is 4. The Morgan fingerprint density at radius 1 is 1.53 bits per heavy atom. The van der Waals surface area contributed by atoms with E-state index in [2.05, 4.69) is 39.6 Å². The smallest absolute Gasteiger partial charge is 0.334 e. The Balaban J connectivity index is 0.00000256. The van der Waals surface area contributed by atoms with Crippen LogP contribution in [0.2, 0.25) is 0 Å². The third-order valence-electron chi connectivity index (χ3n) is 3.08. The van der Waals surface area contributed by atoms with Gasteiger partial charge in [0.1, 0.15) is 6.54 Å². The number of hydrogen-bond donors (Lipinski definition) is 0. The molecule has 4 heteroatoms. The topological polar surface area (TPSA) is 38.7 Å². The van der Waals surface area contributed by atoms with Crippen LogP contribution in [-0.2, 0) is 42.2 Å². The Bertz CT molecular complexity index is 294. The van der Waals surface area contributed by atoms with Crippen molar-refractivity contribution in [2.45, 2.75) is 40.5 Å². The SMILES string of the molecule is [CH2-]C(CC[C-](C)C(C)(C)C)C1=NCC(=O)O1.[Y]. The number of cyclic esters (lactones) is 1. The molecule has 3 nitrogen and oxygen atoms in total. The van der Waals surface area contributed by atoms with Crippen molar-refractivity contribution >= 4 is 11.9 Å². The summed E-state index contributed by atoms with van der Waals surface area (Å²) in [7, 11) is 0. The normalized spacial score (nSPS) is 17.5. The maximum absolute atomic E-state index is 10.9. The third-order valence-corrected chi connectivity index (χ3v) is 3.08. The van der Waals surface area contributed by atoms with Gasteiger partial charge in [-0.25, -0.2) is 9.79 Å². The first-order chi connectivity index (χ1) is 7.30. The molecule has 0 aliphatic carbocycles. The van der Waals surface area contributed by atoms with Crippen LogP contribution in [-0.4, -0.2) is 18.4 Å². The molecule has 0 aromatic heterocycles. The minimum atomic E-state index is -0.264. The first-order valence-corrected chi connectivity index (χ1v) is 5.71. The Morgan fingerprint density at radius 2 is 2.12 bits per heavy atom. The molecule has 1 heterocycles. The summed E-state index contributed by atoms with van der Waals surface area (Å²) in [4.78, 5) is 14.9. The van der Waals surface area contributed by atoms with Crippen LogP contribution >= 0.6 is 0 Å². The second-order valence-electron chi connectivity index (χ2n) is 5.39. The molecule has 1 rings (SSSR count). The predicted octanol–water partition coefficient (Wildman–Crippen LogP) is 2.81. The second kappa shape index (κ2) is 6.99. The molecule has 1 unspecified atom stereocenters. The largest absolute Gasteiger partial charge is 0.413 e. The summed E-state index contributed by atoms with van der Waals surface area (Å²) in [5, 5.41) is 0. The van der Waals surface area contributed by atoms with Crippen LogP contribution in [0.3, 0.4) is 0 Å². The van der Waals surface area contributed by atoms with E-state index in [1.165, 1.54) is 5.92 Å². The standard InChI is InChI=1S/C13H21NO2.Y/c1-9(12-14-8-11(15)16-12)6-7-10(2)13(3,4)5;/h9H,1,6-8H2,2-5H3;/q-2;. The van der Waals surface area contributed by atoms with Crippen molar-refractivity contribution in [1.29, 1.82) is 0 Å². The predicted molar refractivity (Wildman–Crippen MR) is 64.8 cm³/mol. The molecule has 1 atom stereocenters. The van der Waals surface area contributed by atoms with Gasteiger partial charge in [0.25, 0.3) is 0 Å². The van der Waals surface area contributed by atoms with Crippen LogP contribution in [0.4, 0.5) is 0 Å². The van der Waals surface area contributed by atoms with Gasteiger partial charge in [-0.05, 0) is 0 Å². The summed E-state index contributed by atoms with van der Waals surface area (Å²) < 4.78 is 4.98. The van der Waals surface area contributed by atoms with Gasteiger partial charge in [-0.15, -0.1) is 0 Å². The minimum Gasteiger partial charge on any atom is -0.413 e. The fourth-order valence-corrected chi connectivity index (χ4v) is 1.43. The average Bonchev–Trinajstić information content (AvgIpc) is 2.59. The molecule has 0 amide bonds. The van der Waals surface area contributed by atoms with E-state index in [0.29, 0.717) is 5.90 Å². The van der Waals surface area contributed by atoms with E-state index in [9.17, 15) is 4.79 Å².